The van der Waals surface area contributed by atoms with Gasteiger partial charge in [-0.3, -0.25) is 0 Å². The quantitative estimate of drug-likeness (QED) is 0.840. The number of ether oxygens (including phenoxy) is 2. The van der Waals surface area contributed by atoms with Crippen LogP contribution in [0, 0.1) is 5.41 Å². The fraction of sp³-hybridized carbons (Fsp3) is 0.625. The molecule has 1 aromatic rings. The topological polar surface area (TPSA) is 50.7 Å². The van der Waals surface area contributed by atoms with E-state index in [2.05, 4.69) is 32.2 Å². The van der Waals surface area contributed by atoms with Crippen molar-refractivity contribution in [3.05, 3.63) is 23.8 Å². The lowest BCUT2D eigenvalue weighted by Gasteiger charge is -2.28. The predicted molar refractivity (Wildman–Crippen MR) is 79.1 cm³/mol. The first-order chi connectivity index (χ1) is 9.37. The highest BCUT2D eigenvalue weighted by Gasteiger charge is 2.22. The highest BCUT2D eigenvalue weighted by atomic mass is 16.7. The fourth-order valence-electron chi connectivity index (χ4n) is 2.60. The van der Waals surface area contributed by atoms with Gasteiger partial charge in [-0.1, -0.05) is 19.9 Å². The maximum Gasteiger partial charge on any atom is 0.231 e. The van der Waals surface area contributed by atoms with Crippen molar-refractivity contribution in [3.63, 3.8) is 0 Å². The lowest BCUT2D eigenvalue weighted by atomic mass is 9.86. The van der Waals surface area contributed by atoms with Gasteiger partial charge in [0.05, 0.1) is 6.10 Å². The van der Waals surface area contributed by atoms with Crippen molar-refractivity contribution in [2.45, 2.75) is 46.3 Å². The Hall–Kier alpha value is -1.26. The summed E-state index contributed by atoms with van der Waals surface area (Å²) in [4.78, 5) is 0. The van der Waals surface area contributed by atoms with E-state index < -0.39 is 0 Å². The number of rotatable bonds is 6. The normalized spacial score (nSPS) is 17.1. The Balaban J connectivity index is 1.93. The van der Waals surface area contributed by atoms with Gasteiger partial charge in [0.2, 0.25) is 6.79 Å². The summed E-state index contributed by atoms with van der Waals surface area (Å²) in [5, 5.41) is 13.0. The Bertz CT molecular complexity index is 457. The summed E-state index contributed by atoms with van der Waals surface area (Å²) in [6.45, 7) is 9.46. The second kappa shape index (κ2) is 6.02. The minimum absolute atomic E-state index is 0.0682. The molecular formula is C16H25NO3. The molecular weight excluding hydrogens is 254 g/mol. The molecule has 0 fully saturated rings. The van der Waals surface area contributed by atoms with E-state index in [4.69, 9.17) is 9.47 Å². The average Bonchev–Trinajstić information content (AvgIpc) is 2.81. The van der Waals surface area contributed by atoms with Gasteiger partial charge in [-0.15, -0.1) is 0 Å². The van der Waals surface area contributed by atoms with Crippen LogP contribution < -0.4 is 14.8 Å². The van der Waals surface area contributed by atoms with E-state index in [-0.39, 0.29) is 17.6 Å². The van der Waals surface area contributed by atoms with Gasteiger partial charge >= 0.3 is 0 Å². The molecule has 1 aromatic carbocycles. The third kappa shape index (κ3) is 3.87. The van der Waals surface area contributed by atoms with Crippen LogP contribution in [0.15, 0.2) is 18.2 Å². The molecule has 0 saturated carbocycles. The van der Waals surface area contributed by atoms with Crippen molar-refractivity contribution in [2.24, 2.45) is 5.41 Å². The van der Waals surface area contributed by atoms with Crippen LogP contribution in [-0.4, -0.2) is 24.5 Å². The van der Waals surface area contributed by atoms with Gasteiger partial charge in [0, 0.05) is 12.6 Å². The van der Waals surface area contributed by atoms with E-state index >= 15 is 0 Å². The molecule has 1 aliphatic rings. The van der Waals surface area contributed by atoms with Crippen molar-refractivity contribution >= 4 is 0 Å². The third-order valence-electron chi connectivity index (χ3n) is 3.63. The number of nitrogens with one attached hydrogen (secondary N) is 1. The molecule has 0 radical (unpaired) electrons. The molecule has 0 aliphatic carbocycles. The lowest BCUT2D eigenvalue weighted by Crippen LogP contribution is -2.33. The first-order valence-corrected chi connectivity index (χ1v) is 7.18. The van der Waals surface area contributed by atoms with Gasteiger partial charge in [-0.2, -0.15) is 0 Å². The van der Waals surface area contributed by atoms with Crippen molar-refractivity contribution in [2.75, 3.05) is 13.3 Å². The van der Waals surface area contributed by atoms with Gasteiger partial charge in [0.1, 0.15) is 0 Å². The van der Waals surface area contributed by atoms with E-state index in [0.717, 1.165) is 24.5 Å². The van der Waals surface area contributed by atoms with Gasteiger partial charge in [-0.05, 0) is 43.4 Å². The lowest BCUT2D eigenvalue weighted by molar-refractivity contribution is 0.127. The number of aliphatic hydroxyl groups is 1. The number of hydrogen-bond donors (Lipinski definition) is 2. The van der Waals surface area contributed by atoms with Crippen LogP contribution in [0.1, 0.15) is 45.7 Å². The maximum atomic E-state index is 9.52. The minimum atomic E-state index is -0.271. The molecule has 0 saturated heterocycles. The Morgan fingerprint density at radius 1 is 1.25 bits per heavy atom. The zero-order valence-corrected chi connectivity index (χ0v) is 12.8. The van der Waals surface area contributed by atoms with Gasteiger partial charge in [0.25, 0.3) is 0 Å². The monoisotopic (exact) mass is 279 g/mol. The second-order valence-corrected chi connectivity index (χ2v) is 6.43. The van der Waals surface area contributed by atoms with Gasteiger partial charge in [-0.25, -0.2) is 0 Å². The smallest absolute Gasteiger partial charge is 0.231 e. The van der Waals surface area contributed by atoms with Crippen molar-refractivity contribution in [1.29, 1.82) is 0 Å². The molecule has 2 atom stereocenters. The van der Waals surface area contributed by atoms with E-state index in [1.807, 2.05) is 19.1 Å². The van der Waals surface area contributed by atoms with E-state index in [0.29, 0.717) is 6.79 Å². The predicted octanol–water partition coefficient (Wildman–Crippen LogP) is 2.86. The molecule has 4 nitrogen and oxygen atoms in total. The largest absolute Gasteiger partial charge is 0.454 e. The SMILES string of the molecule is C[C@@H](O)CC(C)(C)CN[C@H](C)c1ccc2c(c1)OCO2. The molecule has 0 bridgehead atoms. The zero-order chi connectivity index (χ0) is 14.8. The molecule has 0 amide bonds. The Morgan fingerprint density at radius 3 is 2.65 bits per heavy atom. The first-order valence-electron chi connectivity index (χ1n) is 7.18. The summed E-state index contributed by atoms with van der Waals surface area (Å²) in [6, 6.07) is 6.28. The van der Waals surface area contributed by atoms with Gasteiger partial charge < -0.3 is 19.9 Å². The molecule has 0 spiro atoms. The highest BCUT2D eigenvalue weighted by molar-refractivity contribution is 5.45. The van der Waals surface area contributed by atoms with Crippen LogP contribution in [0.3, 0.4) is 0 Å². The highest BCUT2D eigenvalue weighted by Crippen LogP contribution is 2.34. The van der Waals surface area contributed by atoms with Crippen LogP contribution in [0.2, 0.25) is 0 Å². The summed E-state index contributed by atoms with van der Waals surface area (Å²) in [5.41, 5.74) is 1.25. The Labute approximate surface area is 121 Å². The number of hydrogen-bond acceptors (Lipinski definition) is 4. The summed E-state index contributed by atoms with van der Waals surface area (Å²) in [6.07, 6.45) is 0.515. The molecule has 20 heavy (non-hydrogen) atoms. The molecule has 0 aromatic heterocycles. The molecule has 1 heterocycles. The Kier molecular flexibility index (Phi) is 4.55. The molecule has 2 N–H and O–H groups in total. The van der Waals surface area contributed by atoms with Crippen LogP contribution in [0.4, 0.5) is 0 Å². The number of aliphatic hydroxyl groups excluding tert-OH is 1. The molecule has 112 valence electrons. The van der Waals surface area contributed by atoms with Crippen LogP contribution in [0.25, 0.3) is 0 Å². The summed E-state index contributed by atoms with van der Waals surface area (Å²) in [7, 11) is 0. The molecule has 1 aliphatic heterocycles. The van der Waals surface area contributed by atoms with Crippen molar-refractivity contribution < 1.29 is 14.6 Å². The molecule has 0 unspecified atom stereocenters. The van der Waals surface area contributed by atoms with Crippen LogP contribution >= 0.6 is 0 Å². The van der Waals surface area contributed by atoms with Crippen molar-refractivity contribution in [1.82, 2.24) is 5.32 Å². The molecule has 4 heteroatoms. The van der Waals surface area contributed by atoms with E-state index in [9.17, 15) is 5.11 Å². The van der Waals surface area contributed by atoms with E-state index in [1.54, 1.807) is 0 Å². The Morgan fingerprint density at radius 2 is 1.95 bits per heavy atom. The summed E-state index contributed by atoms with van der Waals surface area (Å²) < 4.78 is 10.7. The van der Waals surface area contributed by atoms with Gasteiger partial charge in [0.15, 0.2) is 11.5 Å². The maximum absolute atomic E-state index is 9.52. The third-order valence-corrected chi connectivity index (χ3v) is 3.63. The van der Waals surface area contributed by atoms with Crippen LogP contribution in [0.5, 0.6) is 11.5 Å². The summed E-state index contributed by atoms with van der Waals surface area (Å²) >= 11 is 0. The summed E-state index contributed by atoms with van der Waals surface area (Å²) in [5.74, 6) is 1.63. The van der Waals surface area contributed by atoms with E-state index in [1.165, 1.54) is 5.56 Å². The standard InChI is InChI=1S/C16H25NO3/c1-11(18)8-16(3,4)9-17-12(2)13-5-6-14-15(7-13)20-10-19-14/h5-7,11-12,17-18H,8-10H2,1-4H3/t11-,12-/m1/s1. The second-order valence-electron chi connectivity index (χ2n) is 6.43. The minimum Gasteiger partial charge on any atom is -0.454 e. The zero-order valence-electron chi connectivity index (χ0n) is 12.8. The average molecular weight is 279 g/mol. The first kappa shape index (κ1) is 15.1. The number of benzene rings is 1. The van der Waals surface area contributed by atoms with Crippen LogP contribution in [-0.2, 0) is 0 Å². The molecule has 2 rings (SSSR count). The fourth-order valence-corrected chi connectivity index (χ4v) is 2.60. The number of fused-ring (bicyclic) bond motifs is 1. The van der Waals surface area contributed by atoms with Crippen molar-refractivity contribution in [3.8, 4) is 11.5 Å².